The molecule has 3 nitrogen and oxygen atoms in total. The zero-order valence-electron chi connectivity index (χ0n) is 9.61. The van der Waals surface area contributed by atoms with Gasteiger partial charge in [0, 0.05) is 5.56 Å². The van der Waals surface area contributed by atoms with Crippen molar-refractivity contribution in [1.29, 1.82) is 0 Å². The van der Waals surface area contributed by atoms with Crippen LogP contribution in [0.3, 0.4) is 0 Å². The maximum atomic E-state index is 5.16. The van der Waals surface area contributed by atoms with Crippen LogP contribution in [0.5, 0.6) is 5.75 Å². The Morgan fingerprint density at radius 2 is 2.00 bits per heavy atom. The quantitative estimate of drug-likeness (QED) is 0.850. The van der Waals surface area contributed by atoms with Crippen molar-refractivity contribution in [3.63, 3.8) is 0 Å². The lowest BCUT2D eigenvalue weighted by molar-refractivity contribution is 0.414. The molecular weight excluding hydrogens is 280 g/mol. The Balaban J connectivity index is 2.03. The maximum Gasteiger partial charge on any atom is 0.119 e. The van der Waals surface area contributed by atoms with Gasteiger partial charge in [0.25, 0.3) is 0 Å². The molecule has 0 N–H and O–H groups in total. The zero-order valence-corrected chi connectivity index (χ0v) is 11.2. The molecule has 1 aromatic carbocycles. The summed E-state index contributed by atoms with van der Waals surface area (Å²) >= 11 is 3.64. The highest BCUT2D eigenvalue weighted by Crippen LogP contribution is 2.31. The first kappa shape index (κ1) is 10.8. The molecule has 2 aromatic rings. The molecule has 0 aliphatic heterocycles. The molecule has 1 heterocycles. The molecule has 0 unspecified atom stereocenters. The Kier molecular flexibility index (Phi) is 2.67. The molecular formula is C13H13BrN2O. The molecule has 0 atom stereocenters. The van der Waals surface area contributed by atoms with Gasteiger partial charge < -0.3 is 4.74 Å². The van der Waals surface area contributed by atoms with Crippen LogP contribution in [0.1, 0.15) is 17.7 Å². The van der Waals surface area contributed by atoms with E-state index in [2.05, 4.69) is 21.0 Å². The van der Waals surface area contributed by atoms with Crippen molar-refractivity contribution >= 4 is 15.9 Å². The minimum absolute atomic E-state index is 0.865. The molecule has 0 amide bonds. The fourth-order valence-electron chi connectivity index (χ4n) is 2.25. The summed E-state index contributed by atoms with van der Waals surface area (Å²) in [5.41, 5.74) is 3.65. The highest BCUT2D eigenvalue weighted by atomic mass is 79.9. The normalized spacial score (nSPS) is 13.8. The van der Waals surface area contributed by atoms with E-state index in [4.69, 9.17) is 4.74 Å². The van der Waals surface area contributed by atoms with Gasteiger partial charge in [0.15, 0.2) is 0 Å². The Labute approximate surface area is 109 Å². The van der Waals surface area contributed by atoms with Crippen molar-refractivity contribution < 1.29 is 4.74 Å². The minimum atomic E-state index is 0.865. The van der Waals surface area contributed by atoms with Crippen LogP contribution < -0.4 is 4.74 Å². The summed E-state index contributed by atoms with van der Waals surface area (Å²) in [5, 5.41) is 4.65. The first-order valence-corrected chi connectivity index (χ1v) is 6.49. The SMILES string of the molecule is COc1ccc(-n2nc3c(c2Br)CCC3)cc1. The van der Waals surface area contributed by atoms with Gasteiger partial charge in [-0.3, -0.25) is 0 Å². The van der Waals surface area contributed by atoms with Gasteiger partial charge in [-0.25, -0.2) is 4.68 Å². The first-order chi connectivity index (χ1) is 8.29. The lowest BCUT2D eigenvalue weighted by atomic mass is 10.3. The second-order valence-corrected chi connectivity index (χ2v) is 4.93. The Bertz CT molecular complexity index is 545. The van der Waals surface area contributed by atoms with Gasteiger partial charge in [-0.2, -0.15) is 5.10 Å². The second kappa shape index (κ2) is 4.18. The van der Waals surface area contributed by atoms with Gasteiger partial charge >= 0.3 is 0 Å². The zero-order chi connectivity index (χ0) is 11.8. The van der Waals surface area contributed by atoms with E-state index in [1.165, 1.54) is 17.7 Å². The van der Waals surface area contributed by atoms with Crippen LogP contribution in [-0.2, 0) is 12.8 Å². The van der Waals surface area contributed by atoms with Gasteiger partial charge in [-0.15, -0.1) is 0 Å². The Morgan fingerprint density at radius 1 is 1.24 bits per heavy atom. The van der Waals surface area contributed by atoms with E-state index in [0.717, 1.165) is 28.9 Å². The third-order valence-corrected chi connectivity index (χ3v) is 3.98. The molecule has 0 saturated carbocycles. The molecule has 17 heavy (non-hydrogen) atoms. The molecule has 1 aliphatic carbocycles. The number of ether oxygens (including phenoxy) is 1. The predicted octanol–water partition coefficient (Wildman–Crippen LogP) is 3.13. The van der Waals surface area contributed by atoms with Crippen molar-refractivity contribution in [3.8, 4) is 11.4 Å². The van der Waals surface area contributed by atoms with Crippen molar-refractivity contribution in [2.75, 3.05) is 7.11 Å². The van der Waals surface area contributed by atoms with Crippen molar-refractivity contribution in [1.82, 2.24) is 9.78 Å². The highest BCUT2D eigenvalue weighted by molar-refractivity contribution is 9.10. The number of nitrogens with zero attached hydrogens (tertiary/aromatic N) is 2. The number of hydrogen-bond acceptors (Lipinski definition) is 2. The van der Waals surface area contributed by atoms with Crippen LogP contribution in [0, 0.1) is 0 Å². The molecule has 4 heteroatoms. The fraction of sp³-hybridized carbons (Fsp3) is 0.308. The van der Waals surface area contributed by atoms with Gasteiger partial charge in [-0.1, -0.05) is 0 Å². The molecule has 0 spiro atoms. The number of benzene rings is 1. The minimum Gasteiger partial charge on any atom is -0.497 e. The van der Waals surface area contributed by atoms with E-state index in [9.17, 15) is 0 Å². The van der Waals surface area contributed by atoms with Gasteiger partial charge in [0.2, 0.25) is 0 Å². The summed E-state index contributed by atoms with van der Waals surface area (Å²) in [6.07, 6.45) is 3.45. The van der Waals surface area contributed by atoms with Crippen LogP contribution in [0.15, 0.2) is 28.9 Å². The number of fused-ring (bicyclic) bond motifs is 1. The lowest BCUT2D eigenvalue weighted by Crippen LogP contribution is -1.98. The number of aromatic nitrogens is 2. The summed E-state index contributed by atoms with van der Waals surface area (Å²) in [5.74, 6) is 0.865. The number of halogens is 1. The van der Waals surface area contributed by atoms with Crippen LogP contribution in [0.4, 0.5) is 0 Å². The molecule has 1 aliphatic rings. The summed E-state index contributed by atoms with van der Waals surface area (Å²) < 4.78 is 8.21. The van der Waals surface area contributed by atoms with E-state index < -0.39 is 0 Å². The van der Waals surface area contributed by atoms with E-state index in [1.807, 2.05) is 28.9 Å². The Morgan fingerprint density at radius 3 is 2.65 bits per heavy atom. The third-order valence-electron chi connectivity index (χ3n) is 3.16. The first-order valence-electron chi connectivity index (χ1n) is 5.70. The van der Waals surface area contributed by atoms with E-state index in [1.54, 1.807) is 7.11 Å². The number of hydrogen-bond donors (Lipinski definition) is 0. The third kappa shape index (κ3) is 1.76. The topological polar surface area (TPSA) is 27.1 Å². The molecule has 3 rings (SSSR count). The van der Waals surface area contributed by atoms with Crippen LogP contribution in [-0.4, -0.2) is 16.9 Å². The molecule has 0 bridgehead atoms. The smallest absolute Gasteiger partial charge is 0.119 e. The Hall–Kier alpha value is -1.29. The molecule has 0 radical (unpaired) electrons. The monoisotopic (exact) mass is 292 g/mol. The summed E-state index contributed by atoms with van der Waals surface area (Å²) in [7, 11) is 1.67. The van der Waals surface area contributed by atoms with Gasteiger partial charge in [0.1, 0.15) is 10.4 Å². The predicted molar refractivity (Wildman–Crippen MR) is 69.8 cm³/mol. The maximum absolute atomic E-state index is 5.16. The van der Waals surface area contributed by atoms with Crippen LogP contribution in [0.25, 0.3) is 5.69 Å². The van der Waals surface area contributed by atoms with E-state index >= 15 is 0 Å². The largest absolute Gasteiger partial charge is 0.497 e. The van der Waals surface area contributed by atoms with E-state index in [0.29, 0.717) is 0 Å². The van der Waals surface area contributed by atoms with Gasteiger partial charge in [0.05, 0.1) is 18.5 Å². The van der Waals surface area contributed by atoms with Crippen molar-refractivity contribution in [3.05, 3.63) is 40.1 Å². The molecule has 88 valence electrons. The average molecular weight is 293 g/mol. The van der Waals surface area contributed by atoms with Crippen LogP contribution >= 0.6 is 15.9 Å². The highest BCUT2D eigenvalue weighted by Gasteiger charge is 2.20. The second-order valence-electron chi connectivity index (χ2n) is 4.18. The van der Waals surface area contributed by atoms with E-state index in [-0.39, 0.29) is 0 Å². The summed E-state index contributed by atoms with van der Waals surface area (Å²) in [6.45, 7) is 0. The number of aryl methyl sites for hydroxylation is 1. The molecule has 1 aromatic heterocycles. The van der Waals surface area contributed by atoms with Crippen LogP contribution in [0.2, 0.25) is 0 Å². The van der Waals surface area contributed by atoms with Crippen molar-refractivity contribution in [2.24, 2.45) is 0 Å². The number of rotatable bonds is 2. The van der Waals surface area contributed by atoms with Crippen molar-refractivity contribution in [2.45, 2.75) is 19.3 Å². The average Bonchev–Trinajstić information content (AvgIpc) is 2.93. The van der Waals surface area contributed by atoms with Gasteiger partial charge in [-0.05, 0) is 59.5 Å². The summed E-state index contributed by atoms with van der Waals surface area (Å²) in [6, 6.07) is 7.95. The lowest BCUT2D eigenvalue weighted by Gasteiger charge is -2.05. The molecule has 0 fully saturated rings. The standard InChI is InChI=1S/C13H13BrN2O/c1-17-10-7-5-9(6-8-10)16-13(14)11-3-2-4-12(11)15-16/h5-8H,2-4H2,1H3. The fourth-order valence-corrected chi connectivity index (χ4v) is 2.96. The number of methoxy groups -OCH3 is 1. The summed E-state index contributed by atoms with van der Waals surface area (Å²) in [4.78, 5) is 0. The molecule has 0 saturated heterocycles.